The van der Waals surface area contributed by atoms with Crippen molar-refractivity contribution in [1.29, 1.82) is 0 Å². The lowest BCUT2D eigenvalue weighted by molar-refractivity contribution is -0.123. The van der Waals surface area contributed by atoms with E-state index in [0.717, 1.165) is 22.2 Å². The first-order valence-corrected chi connectivity index (χ1v) is 9.56. The molecule has 0 spiro atoms. The molecule has 1 aromatic carbocycles. The van der Waals surface area contributed by atoms with Gasteiger partial charge < -0.3 is 4.42 Å². The zero-order valence-corrected chi connectivity index (χ0v) is 15.8. The van der Waals surface area contributed by atoms with Gasteiger partial charge in [0.1, 0.15) is 11.5 Å². The molecule has 0 radical (unpaired) electrons. The van der Waals surface area contributed by atoms with Gasteiger partial charge in [-0.15, -0.1) is 0 Å². The predicted molar refractivity (Wildman–Crippen MR) is 101 cm³/mol. The van der Waals surface area contributed by atoms with Gasteiger partial charge in [-0.2, -0.15) is 5.10 Å². The van der Waals surface area contributed by atoms with E-state index in [1.54, 1.807) is 6.21 Å². The average Bonchev–Trinajstić information content (AvgIpc) is 2.96. The third-order valence-electron chi connectivity index (χ3n) is 5.74. The molecule has 4 nitrogen and oxygen atoms in total. The number of carbonyl (C=O) groups is 1. The van der Waals surface area contributed by atoms with Crippen LogP contribution >= 0.6 is 15.9 Å². The Morgan fingerprint density at radius 1 is 1.28 bits per heavy atom. The zero-order chi connectivity index (χ0) is 17.4. The summed E-state index contributed by atoms with van der Waals surface area (Å²) in [6.07, 6.45) is 6.39. The van der Waals surface area contributed by atoms with E-state index in [9.17, 15) is 4.79 Å². The molecule has 2 aliphatic carbocycles. The minimum absolute atomic E-state index is 0.0466. The molecule has 2 fully saturated rings. The number of nitrogens with zero attached hydrogens (tertiary/aromatic N) is 1. The highest BCUT2D eigenvalue weighted by atomic mass is 79.9. The number of halogens is 1. The summed E-state index contributed by atoms with van der Waals surface area (Å²) in [4.78, 5) is 12.4. The first-order chi connectivity index (χ1) is 12.1. The number of amides is 1. The highest BCUT2D eigenvalue weighted by Crippen LogP contribution is 2.66. The van der Waals surface area contributed by atoms with Gasteiger partial charge in [-0.05, 0) is 48.4 Å². The normalized spacial score (nSPS) is 27.9. The Morgan fingerprint density at radius 2 is 2.08 bits per heavy atom. The van der Waals surface area contributed by atoms with Crippen molar-refractivity contribution in [2.24, 2.45) is 22.4 Å². The summed E-state index contributed by atoms with van der Waals surface area (Å²) in [5, 5.41) is 4.09. The minimum atomic E-state index is 0.0466. The average molecular weight is 401 g/mol. The molecule has 0 aliphatic heterocycles. The molecule has 4 rings (SSSR count). The van der Waals surface area contributed by atoms with Crippen molar-refractivity contribution in [3.8, 4) is 11.3 Å². The van der Waals surface area contributed by atoms with Gasteiger partial charge in [0.15, 0.2) is 0 Å². The van der Waals surface area contributed by atoms with Crippen LogP contribution < -0.4 is 5.43 Å². The van der Waals surface area contributed by atoms with Crippen molar-refractivity contribution in [3.63, 3.8) is 0 Å². The number of hydrogen-bond acceptors (Lipinski definition) is 3. The van der Waals surface area contributed by atoms with Crippen LogP contribution in [-0.2, 0) is 4.79 Å². The number of furan rings is 1. The summed E-state index contributed by atoms with van der Waals surface area (Å²) >= 11 is 3.42. The molecule has 2 aromatic rings. The molecular formula is C20H21BrN2O2. The molecular weight excluding hydrogens is 380 g/mol. The number of fused-ring (bicyclic) bond motifs is 1. The molecule has 0 unspecified atom stereocenters. The van der Waals surface area contributed by atoms with Gasteiger partial charge in [0, 0.05) is 16.0 Å². The number of nitrogens with one attached hydrogen (secondary N) is 1. The van der Waals surface area contributed by atoms with Crippen molar-refractivity contribution >= 4 is 28.1 Å². The van der Waals surface area contributed by atoms with E-state index in [2.05, 4.69) is 33.4 Å². The summed E-state index contributed by atoms with van der Waals surface area (Å²) in [7, 11) is 0. The van der Waals surface area contributed by atoms with Gasteiger partial charge >= 0.3 is 0 Å². The Hall–Kier alpha value is -1.88. The standard InChI is InChI=1S/C20H21BrN2O2/c1-20-11-3-2-4-16(20)18(20)19(24)23-22-12-15-9-10-17(25-15)13-5-7-14(21)8-6-13/h5-10,12,16,18H,2-4,11H2,1H3,(H,23,24)/b22-12+/t16-,18+,20+/m1/s1. The number of rotatable bonds is 4. The fourth-order valence-electron chi connectivity index (χ4n) is 4.27. The first kappa shape index (κ1) is 16.6. The van der Waals surface area contributed by atoms with Crippen LogP contribution in [0.4, 0.5) is 0 Å². The van der Waals surface area contributed by atoms with E-state index in [-0.39, 0.29) is 17.2 Å². The number of carbonyl (C=O) groups excluding carboxylic acids is 1. The third-order valence-corrected chi connectivity index (χ3v) is 6.26. The summed E-state index contributed by atoms with van der Waals surface area (Å²) < 4.78 is 6.80. The Balaban J connectivity index is 1.37. The monoisotopic (exact) mass is 400 g/mol. The molecule has 5 heteroatoms. The van der Waals surface area contributed by atoms with Crippen molar-refractivity contribution < 1.29 is 9.21 Å². The molecule has 130 valence electrons. The molecule has 2 saturated carbocycles. The van der Waals surface area contributed by atoms with Crippen LogP contribution in [0.1, 0.15) is 38.4 Å². The van der Waals surface area contributed by atoms with Gasteiger partial charge in [0.2, 0.25) is 5.91 Å². The SMILES string of the molecule is C[C@]12CCCC[C@@H]1[C@H]2C(=O)N/N=C/c1ccc(-c2ccc(Br)cc2)o1. The second-order valence-electron chi connectivity index (χ2n) is 7.28. The molecule has 1 heterocycles. The Kier molecular flexibility index (Phi) is 4.28. The second kappa shape index (κ2) is 6.45. The highest BCUT2D eigenvalue weighted by molar-refractivity contribution is 9.10. The predicted octanol–water partition coefficient (Wildman–Crippen LogP) is 4.99. The number of hydrogen-bond donors (Lipinski definition) is 1. The maximum Gasteiger partial charge on any atom is 0.244 e. The molecule has 25 heavy (non-hydrogen) atoms. The van der Waals surface area contributed by atoms with Gasteiger partial charge in [0.25, 0.3) is 0 Å². The first-order valence-electron chi connectivity index (χ1n) is 8.77. The highest BCUT2D eigenvalue weighted by Gasteiger charge is 2.64. The van der Waals surface area contributed by atoms with Crippen molar-refractivity contribution in [2.75, 3.05) is 0 Å². The van der Waals surface area contributed by atoms with Crippen LogP contribution in [0, 0.1) is 17.3 Å². The third kappa shape index (κ3) is 3.17. The van der Waals surface area contributed by atoms with E-state index < -0.39 is 0 Å². The molecule has 1 aromatic heterocycles. The van der Waals surface area contributed by atoms with Crippen molar-refractivity contribution in [3.05, 3.63) is 46.6 Å². The Morgan fingerprint density at radius 3 is 2.80 bits per heavy atom. The lowest BCUT2D eigenvalue weighted by Gasteiger charge is -2.15. The molecule has 2 aliphatic rings. The van der Waals surface area contributed by atoms with Crippen LogP contribution in [0.25, 0.3) is 11.3 Å². The van der Waals surface area contributed by atoms with Gasteiger partial charge in [-0.25, -0.2) is 5.43 Å². The second-order valence-corrected chi connectivity index (χ2v) is 8.19. The lowest BCUT2D eigenvalue weighted by atomic mass is 9.90. The fourth-order valence-corrected chi connectivity index (χ4v) is 4.54. The van der Waals surface area contributed by atoms with E-state index in [4.69, 9.17) is 4.42 Å². The Labute approximate surface area is 155 Å². The van der Waals surface area contributed by atoms with E-state index >= 15 is 0 Å². The largest absolute Gasteiger partial charge is 0.455 e. The maximum absolute atomic E-state index is 12.4. The molecule has 0 saturated heterocycles. The van der Waals surface area contributed by atoms with E-state index in [1.807, 2.05) is 36.4 Å². The van der Waals surface area contributed by atoms with Gasteiger partial charge in [-0.3, -0.25) is 4.79 Å². The van der Waals surface area contributed by atoms with Crippen LogP contribution in [-0.4, -0.2) is 12.1 Å². The Bertz CT molecular complexity index is 811. The molecule has 1 amide bonds. The van der Waals surface area contributed by atoms with Crippen molar-refractivity contribution in [2.45, 2.75) is 32.6 Å². The number of benzene rings is 1. The van der Waals surface area contributed by atoms with Crippen LogP contribution in [0.2, 0.25) is 0 Å². The fraction of sp³-hybridized carbons (Fsp3) is 0.400. The van der Waals surface area contributed by atoms with Crippen LogP contribution in [0.15, 0.2) is 50.4 Å². The zero-order valence-electron chi connectivity index (χ0n) is 14.2. The molecule has 3 atom stereocenters. The molecule has 0 bridgehead atoms. The van der Waals surface area contributed by atoms with Crippen LogP contribution in [0.3, 0.4) is 0 Å². The summed E-state index contributed by atoms with van der Waals surface area (Å²) in [6, 6.07) is 11.7. The topological polar surface area (TPSA) is 54.6 Å². The van der Waals surface area contributed by atoms with Crippen LogP contribution in [0.5, 0.6) is 0 Å². The van der Waals surface area contributed by atoms with Gasteiger partial charge in [0.05, 0.1) is 6.21 Å². The quantitative estimate of drug-likeness (QED) is 0.580. The minimum Gasteiger partial charge on any atom is -0.455 e. The van der Waals surface area contributed by atoms with Gasteiger partial charge in [-0.1, -0.05) is 47.8 Å². The summed E-state index contributed by atoms with van der Waals surface area (Å²) in [5.41, 5.74) is 3.90. The maximum atomic E-state index is 12.4. The lowest BCUT2D eigenvalue weighted by Crippen LogP contribution is -2.22. The van der Waals surface area contributed by atoms with Crippen molar-refractivity contribution in [1.82, 2.24) is 5.43 Å². The molecule has 1 N–H and O–H groups in total. The summed E-state index contributed by atoms with van der Waals surface area (Å²) in [5.74, 6) is 2.12. The van der Waals surface area contributed by atoms with E-state index in [1.165, 1.54) is 19.3 Å². The smallest absolute Gasteiger partial charge is 0.244 e. The van der Waals surface area contributed by atoms with E-state index in [0.29, 0.717) is 11.7 Å². The summed E-state index contributed by atoms with van der Waals surface area (Å²) in [6.45, 7) is 2.24. The number of hydrazone groups is 1.